The molecule has 0 atom stereocenters. The van der Waals surface area contributed by atoms with Crippen LogP contribution in [0.4, 0.5) is 23.0 Å². The Bertz CT molecular complexity index is 1080. The number of fused-ring (bicyclic) bond motifs is 1. The zero-order chi connectivity index (χ0) is 21.4. The van der Waals surface area contributed by atoms with Gasteiger partial charge < -0.3 is 24.6 Å². The second-order valence-electron chi connectivity index (χ2n) is 8.11. The highest BCUT2D eigenvalue weighted by Crippen LogP contribution is 2.35. The van der Waals surface area contributed by atoms with Crippen LogP contribution in [0.3, 0.4) is 0 Å². The number of H-pyrrole nitrogens is 1. The lowest BCUT2D eigenvalue weighted by atomic mass is 10.1. The number of aromatic nitrogens is 3. The van der Waals surface area contributed by atoms with Gasteiger partial charge in [0, 0.05) is 75.1 Å². The number of nitro groups is 1. The third kappa shape index (κ3) is 3.63. The van der Waals surface area contributed by atoms with Crippen LogP contribution in [0, 0.1) is 10.1 Å². The maximum absolute atomic E-state index is 12.0. The summed E-state index contributed by atoms with van der Waals surface area (Å²) in [5.74, 6) is 0.857. The summed E-state index contributed by atoms with van der Waals surface area (Å²) in [4.78, 5) is 32.2. The molecule has 0 unspecified atom stereocenters. The van der Waals surface area contributed by atoms with E-state index in [0.29, 0.717) is 24.7 Å². The Hall–Kier alpha value is -3.40. The van der Waals surface area contributed by atoms with Crippen LogP contribution in [0.1, 0.15) is 0 Å². The third-order valence-corrected chi connectivity index (χ3v) is 6.26. The number of rotatable bonds is 4. The van der Waals surface area contributed by atoms with E-state index in [1.165, 1.54) is 17.4 Å². The van der Waals surface area contributed by atoms with Crippen molar-refractivity contribution in [1.82, 2.24) is 19.9 Å². The number of likely N-dealkylation sites (N-methyl/N-ethyl adjacent to an activating group) is 1. The van der Waals surface area contributed by atoms with Crippen molar-refractivity contribution < 1.29 is 4.92 Å². The van der Waals surface area contributed by atoms with E-state index in [1.54, 1.807) is 0 Å². The van der Waals surface area contributed by atoms with E-state index in [9.17, 15) is 10.1 Å². The quantitative estimate of drug-likeness (QED) is 0.503. The Kier molecular flexibility index (Phi) is 5.06. The fourth-order valence-corrected chi connectivity index (χ4v) is 4.51. The summed E-state index contributed by atoms with van der Waals surface area (Å²) < 4.78 is 0. The highest BCUT2D eigenvalue weighted by molar-refractivity contribution is 5.92. The molecule has 0 radical (unpaired) electrons. The van der Waals surface area contributed by atoms with Crippen molar-refractivity contribution in [3.63, 3.8) is 0 Å². The first-order chi connectivity index (χ1) is 15.1. The van der Waals surface area contributed by atoms with E-state index < -0.39 is 0 Å². The lowest BCUT2D eigenvalue weighted by Crippen LogP contribution is -2.47. The maximum atomic E-state index is 12.0. The molecule has 2 aliphatic heterocycles. The molecule has 2 aromatic heterocycles. The first-order valence-electron chi connectivity index (χ1n) is 10.6. The van der Waals surface area contributed by atoms with Gasteiger partial charge in [0.2, 0.25) is 11.6 Å². The number of piperazine rings is 2. The summed E-state index contributed by atoms with van der Waals surface area (Å²) >= 11 is 0. The number of nitrogens with zero attached hydrogens (tertiary/aromatic N) is 7. The van der Waals surface area contributed by atoms with Crippen molar-refractivity contribution in [2.24, 2.45) is 0 Å². The predicted molar refractivity (Wildman–Crippen MR) is 121 cm³/mol. The smallest absolute Gasteiger partial charge is 0.353 e. The molecule has 3 aromatic rings. The monoisotopic (exact) mass is 422 g/mol. The van der Waals surface area contributed by atoms with Crippen LogP contribution in [-0.2, 0) is 0 Å². The summed E-state index contributed by atoms with van der Waals surface area (Å²) in [5, 5.41) is 13.2. The fraction of sp³-hybridized carbons (Fsp3) is 0.429. The molecule has 31 heavy (non-hydrogen) atoms. The standard InChI is InChI=1S/C21H26N8O2/c1-25-7-9-27(10-8-25)20-19(29(30)31)21(24-15-23-20)28-13-11-26(12-14-28)18-4-2-3-17-16(18)5-6-22-17/h2-6,15,22H,7-14H2,1H3. The van der Waals surface area contributed by atoms with E-state index in [0.717, 1.165) is 44.8 Å². The number of aromatic amines is 1. The average molecular weight is 422 g/mol. The lowest BCUT2D eigenvalue weighted by Gasteiger charge is -2.37. The van der Waals surface area contributed by atoms with Gasteiger partial charge in [-0.3, -0.25) is 10.1 Å². The molecule has 0 aliphatic carbocycles. The van der Waals surface area contributed by atoms with E-state index in [2.05, 4.69) is 56.1 Å². The molecule has 2 saturated heterocycles. The van der Waals surface area contributed by atoms with Crippen LogP contribution in [-0.4, -0.2) is 84.2 Å². The molecular formula is C21H26N8O2. The number of benzene rings is 1. The van der Waals surface area contributed by atoms with Crippen molar-refractivity contribution in [2.75, 3.05) is 74.1 Å². The van der Waals surface area contributed by atoms with Crippen LogP contribution in [0.2, 0.25) is 0 Å². The molecule has 2 fully saturated rings. The van der Waals surface area contributed by atoms with Crippen molar-refractivity contribution in [3.8, 4) is 0 Å². The largest absolute Gasteiger partial charge is 0.367 e. The zero-order valence-electron chi connectivity index (χ0n) is 17.6. The molecule has 1 N–H and O–H groups in total. The Labute approximate surface area is 180 Å². The van der Waals surface area contributed by atoms with Gasteiger partial charge >= 0.3 is 5.69 Å². The molecule has 0 bridgehead atoms. The fourth-order valence-electron chi connectivity index (χ4n) is 4.51. The Morgan fingerprint density at radius 2 is 1.52 bits per heavy atom. The van der Waals surface area contributed by atoms with Crippen LogP contribution >= 0.6 is 0 Å². The molecule has 1 aromatic carbocycles. The van der Waals surface area contributed by atoms with Gasteiger partial charge in [0.25, 0.3) is 0 Å². The van der Waals surface area contributed by atoms with Gasteiger partial charge in [-0.15, -0.1) is 0 Å². The molecule has 5 rings (SSSR count). The second kappa shape index (κ2) is 8.03. The Morgan fingerprint density at radius 1 is 0.903 bits per heavy atom. The van der Waals surface area contributed by atoms with Gasteiger partial charge in [0.05, 0.1) is 4.92 Å². The Balaban J connectivity index is 1.38. The topological polar surface area (TPSA) is 97.7 Å². The van der Waals surface area contributed by atoms with Crippen LogP contribution in [0.15, 0.2) is 36.8 Å². The molecule has 0 saturated carbocycles. The summed E-state index contributed by atoms with van der Waals surface area (Å²) in [6.45, 7) is 6.05. The zero-order valence-corrected chi connectivity index (χ0v) is 17.6. The number of nitrogens with one attached hydrogen (secondary N) is 1. The normalized spacial score (nSPS) is 18.0. The van der Waals surface area contributed by atoms with Crippen molar-refractivity contribution in [3.05, 3.63) is 46.9 Å². The van der Waals surface area contributed by atoms with Crippen molar-refractivity contribution in [1.29, 1.82) is 0 Å². The summed E-state index contributed by atoms with van der Waals surface area (Å²) in [6, 6.07) is 8.34. The van der Waals surface area contributed by atoms with Gasteiger partial charge in [-0.1, -0.05) is 6.07 Å². The maximum Gasteiger partial charge on any atom is 0.353 e. The van der Waals surface area contributed by atoms with Crippen LogP contribution in [0.5, 0.6) is 0 Å². The van der Waals surface area contributed by atoms with Gasteiger partial charge in [-0.05, 0) is 25.2 Å². The molecule has 10 nitrogen and oxygen atoms in total. The Morgan fingerprint density at radius 3 is 2.16 bits per heavy atom. The minimum Gasteiger partial charge on any atom is -0.367 e. The molecular weight excluding hydrogens is 396 g/mol. The molecule has 0 spiro atoms. The number of hydrogen-bond acceptors (Lipinski definition) is 8. The first kappa shape index (κ1) is 19.6. The van der Waals surface area contributed by atoms with Crippen molar-refractivity contribution >= 4 is 33.9 Å². The van der Waals surface area contributed by atoms with Crippen LogP contribution < -0.4 is 14.7 Å². The third-order valence-electron chi connectivity index (χ3n) is 6.26. The van der Waals surface area contributed by atoms with E-state index in [-0.39, 0.29) is 10.6 Å². The number of anilines is 3. The molecule has 0 amide bonds. The first-order valence-corrected chi connectivity index (χ1v) is 10.6. The summed E-state index contributed by atoms with van der Waals surface area (Å²) in [7, 11) is 2.06. The second-order valence-corrected chi connectivity index (χ2v) is 8.11. The number of hydrogen-bond donors (Lipinski definition) is 1. The molecule has 2 aliphatic rings. The van der Waals surface area contributed by atoms with E-state index in [4.69, 9.17) is 0 Å². The molecule has 10 heteroatoms. The van der Waals surface area contributed by atoms with Gasteiger partial charge in [-0.25, -0.2) is 9.97 Å². The molecule has 162 valence electrons. The summed E-state index contributed by atoms with van der Waals surface area (Å²) in [6.07, 6.45) is 3.41. The highest BCUT2D eigenvalue weighted by atomic mass is 16.6. The van der Waals surface area contributed by atoms with E-state index in [1.807, 2.05) is 16.0 Å². The predicted octanol–water partition coefficient (Wildman–Crippen LogP) is 1.94. The minimum absolute atomic E-state index is 0.0215. The minimum atomic E-state index is -0.324. The van der Waals surface area contributed by atoms with Gasteiger partial charge in [0.1, 0.15) is 6.33 Å². The highest BCUT2D eigenvalue weighted by Gasteiger charge is 2.32. The average Bonchev–Trinajstić information content (AvgIpc) is 3.28. The van der Waals surface area contributed by atoms with Gasteiger partial charge in [0.15, 0.2) is 0 Å². The van der Waals surface area contributed by atoms with E-state index >= 15 is 0 Å². The summed E-state index contributed by atoms with van der Waals surface area (Å²) in [5.41, 5.74) is 2.32. The van der Waals surface area contributed by atoms with Crippen LogP contribution in [0.25, 0.3) is 10.9 Å². The molecule has 4 heterocycles. The SMILES string of the molecule is CN1CCN(c2ncnc(N3CCN(c4cccc5[nH]ccc45)CC3)c2[N+](=O)[O-])CC1. The van der Waals surface area contributed by atoms with Gasteiger partial charge in [-0.2, -0.15) is 0 Å². The van der Waals surface area contributed by atoms with Crippen molar-refractivity contribution in [2.45, 2.75) is 0 Å². The lowest BCUT2D eigenvalue weighted by molar-refractivity contribution is -0.383.